The van der Waals surface area contributed by atoms with Crippen molar-refractivity contribution in [1.29, 1.82) is 0 Å². The van der Waals surface area contributed by atoms with Gasteiger partial charge in [-0.3, -0.25) is 14.9 Å². The molecule has 0 aliphatic rings. The number of rotatable bonds is 3. The number of carbonyl (C=O) groups is 1. The molecule has 0 aliphatic heterocycles. The Morgan fingerprint density at radius 3 is 2.67 bits per heavy atom. The van der Waals surface area contributed by atoms with Crippen molar-refractivity contribution < 1.29 is 14.1 Å². The summed E-state index contributed by atoms with van der Waals surface area (Å²) in [5.74, 6) is -2.23. The summed E-state index contributed by atoms with van der Waals surface area (Å²) in [6.07, 6.45) is 0. The lowest BCUT2D eigenvalue weighted by Gasteiger charge is -2.07. The second-order valence-corrected chi connectivity index (χ2v) is 4.61. The van der Waals surface area contributed by atoms with Crippen molar-refractivity contribution in [2.75, 3.05) is 5.32 Å². The van der Waals surface area contributed by atoms with Crippen LogP contribution in [0.15, 0.2) is 30.3 Å². The molecule has 0 saturated heterocycles. The van der Waals surface area contributed by atoms with Crippen molar-refractivity contribution >= 4 is 40.6 Å². The molecule has 9 heteroatoms. The Hall–Kier alpha value is -2.25. The van der Waals surface area contributed by atoms with Gasteiger partial charge in [-0.15, -0.1) is 0 Å². The van der Waals surface area contributed by atoms with Crippen molar-refractivity contribution in [3.63, 3.8) is 0 Å². The fraction of sp³-hybridized carbons (Fsp3) is 0. The molecule has 0 aliphatic carbocycles. The quantitative estimate of drug-likeness (QED) is 0.528. The number of nitro groups is 1. The van der Waals surface area contributed by atoms with E-state index in [1.807, 2.05) is 0 Å². The highest BCUT2D eigenvalue weighted by Gasteiger charge is 2.21. The van der Waals surface area contributed by atoms with Gasteiger partial charge in [0.2, 0.25) is 5.82 Å². The normalized spacial score (nSPS) is 10.2. The zero-order valence-electron chi connectivity index (χ0n) is 10.1. The van der Waals surface area contributed by atoms with E-state index < -0.39 is 22.3 Å². The Morgan fingerprint density at radius 1 is 1.29 bits per heavy atom. The number of anilines is 1. The first kappa shape index (κ1) is 15.1. The summed E-state index contributed by atoms with van der Waals surface area (Å²) >= 11 is 11.2. The van der Waals surface area contributed by atoms with Crippen LogP contribution in [0.4, 0.5) is 15.9 Å². The third-order valence-electron chi connectivity index (χ3n) is 2.46. The molecule has 6 nitrogen and oxygen atoms in total. The molecule has 21 heavy (non-hydrogen) atoms. The number of halogens is 3. The second-order valence-electron chi connectivity index (χ2n) is 3.81. The van der Waals surface area contributed by atoms with Crippen LogP contribution in [-0.2, 0) is 0 Å². The maximum absolute atomic E-state index is 13.7. The number of pyridine rings is 1. The Labute approximate surface area is 127 Å². The molecule has 0 unspecified atom stereocenters. The zero-order chi connectivity index (χ0) is 15.6. The van der Waals surface area contributed by atoms with Crippen molar-refractivity contribution in [2.45, 2.75) is 0 Å². The van der Waals surface area contributed by atoms with Crippen LogP contribution in [-0.4, -0.2) is 15.8 Å². The highest BCUT2D eigenvalue weighted by atomic mass is 35.5. The van der Waals surface area contributed by atoms with E-state index in [4.69, 9.17) is 23.2 Å². The zero-order valence-corrected chi connectivity index (χ0v) is 11.7. The first-order valence-electron chi connectivity index (χ1n) is 5.46. The molecule has 1 N–H and O–H groups in total. The van der Waals surface area contributed by atoms with Gasteiger partial charge in [0.25, 0.3) is 5.91 Å². The van der Waals surface area contributed by atoms with Crippen LogP contribution in [0.3, 0.4) is 0 Å². The summed E-state index contributed by atoms with van der Waals surface area (Å²) in [6.45, 7) is 0. The molecule has 0 bridgehead atoms. The van der Waals surface area contributed by atoms with E-state index in [0.29, 0.717) is 0 Å². The van der Waals surface area contributed by atoms with Crippen LogP contribution in [0.2, 0.25) is 10.2 Å². The summed E-state index contributed by atoms with van der Waals surface area (Å²) in [4.78, 5) is 25.7. The number of benzene rings is 1. The van der Waals surface area contributed by atoms with Crippen LogP contribution in [0, 0.1) is 15.9 Å². The average molecular weight is 330 g/mol. The Morgan fingerprint density at radius 2 is 2.00 bits per heavy atom. The Bertz CT molecular complexity index is 740. The van der Waals surface area contributed by atoms with Gasteiger partial charge in [-0.25, -0.2) is 9.37 Å². The molecule has 0 saturated carbocycles. The molecule has 108 valence electrons. The van der Waals surface area contributed by atoms with Gasteiger partial charge < -0.3 is 5.32 Å². The maximum Gasteiger partial charge on any atom is 0.311 e. The highest BCUT2D eigenvalue weighted by molar-refractivity contribution is 6.31. The summed E-state index contributed by atoms with van der Waals surface area (Å²) in [7, 11) is 0. The molecule has 0 spiro atoms. The number of nitrogens with one attached hydrogen (secondary N) is 1. The maximum atomic E-state index is 13.7. The van der Waals surface area contributed by atoms with Crippen molar-refractivity contribution in [3.05, 3.63) is 62.0 Å². The molecule has 1 aromatic heterocycles. The van der Waals surface area contributed by atoms with Crippen LogP contribution in [0.1, 0.15) is 10.4 Å². The molecule has 1 heterocycles. The summed E-state index contributed by atoms with van der Waals surface area (Å²) in [5.41, 5.74) is -0.825. The molecule has 1 aromatic carbocycles. The van der Waals surface area contributed by atoms with Gasteiger partial charge in [-0.1, -0.05) is 29.3 Å². The van der Waals surface area contributed by atoms with Crippen molar-refractivity contribution in [2.24, 2.45) is 0 Å². The monoisotopic (exact) mass is 329 g/mol. The number of carbonyl (C=O) groups excluding carboxylic acids is 1. The Balaban J connectivity index is 2.38. The molecule has 0 radical (unpaired) electrons. The van der Waals surface area contributed by atoms with Gasteiger partial charge in [-0.2, -0.15) is 0 Å². The van der Waals surface area contributed by atoms with Crippen molar-refractivity contribution in [1.82, 2.24) is 4.98 Å². The number of amides is 1. The van der Waals surface area contributed by atoms with E-state index in [-0.39, 0.29) is 21.6 Å². The molecule has 2 rings (SSSR count). The van der Waals surface area contributed by atoms with Crippen molar-refractivity contribution in [3.8, 4) is 0 Å². The SMILES string of the molecule is O=C(Nc1nc(Cl)ccc1[N+](=O)[O-])c1cccc(Cl)c1F. The highest BCUT2D eigenvalue weighted by Crippen LogP contribution is 2.25. The van der Waals surface area contributed by atoms with Gasteiger partial charge in [0.1, 0.15) is 5.15 Å². The molecule has 0 fully saturated rings. The number of aromatic nitrogens is 1. The first-order chi connectivity index (χ1) is 9.90. The van der Waals surface area contributed by atoms with E-state index in [2.05, 4.69) is 10.3 Å². The lowest BCUT2D eigenvalue weighted by Crippen LogP contribution is -2.16. The van der Waals surface area contributed by atoms with E-state index >= 15 is 0 Å². The van der Waals surface area contributed by atoms with Gasteiger partial charge >= 0.3 is 5.69 Å². The van der Waals surface area contributed by atoms with Crippen LogP contribution in [0.25, 0.3) is 0 Å². The fourth-order valence-corrected chi connectivity index (χ4v) is 1.84. The third-order valence-corrected chi connectivity index (χ3v) is 2.97. The summed E-state index contributed by atoms with van der Waals surface area (Å²) in [5, 5.41) is 12.7. The number of nitrogens with zero attached hydrogens (tertiary/aromatic N) is 2. The minimum Gasteiger partial charge on any atom is -0.301 e. The van der Waals surface area contributed by atoms with Gasteiger partial charge in [0.15, 0.2) is 5.82 Å². The predicted octanol–water partition coefficient (Wildman–Crippen LogP) is 3.69. The topological polar surface area (TPSA) is 85.1 Å². The van der Waals surface area contributed by atoms with E-state index in [1.165, 1.54) is 24.3 Å². The molecular weight excluding hydrogens is 324 g/mol. The molecular formula is C12H6Cl2FN3O3. The first-order valence-corrected chi connectivity index (χ1v) is 6.22. The predicted molar refractivity (Wildman–Crippen MR) is 75.3 cm³/mol. The molecule has 2 aromatic rings. The van der Waals surface area contributed by atoms with E-state index in [1.54, 1.807) is 0 Å². The smallest absolute Gasteiger partial charge is 0.301 e. The molecule has 1 amide bonds. The standard InChI is InChI=1S/C12H6Cl2FN3O3/c13-7-3-1-2-6(10(7)15)12(19)17-11-8(18(20)21)4-5-9(14)16-11/h1-5H,(H,16,17,19). The number of hydrogen-bond acceptors (Lipinski definition) is 4. The molecule has 0 atom stereocenters. The summed E-state index contributed by atoms with van der Waals surface area (Å²) < 4.78 is 13.7. The van der Waals surface area contributed by atoms with Gasteiger partial charge in [0, 0.05) is 6.07 Å². The second kappa shape index (κ2) is 6.02. The van der Waals surface area contributed by atoms with Crippen LogP contribution in [0.5, 0.6) is 0 Å². The van der Waals surface area contributed by atoms with E-state index in [0.717, 1.165) is 6.07 Å². The largest absolute Gasteiger partial charge is 0.311 e. The summed E-state index contributed by atoms with van der Waals surface area (Å²) in [6, 6.07) is 6.12. The fourth-order valence-electron chi connectivity index (χ4n) is 1.52. The minimum absolute atomic E-state index is 0.0533. The minimum atomic E-state index is -0.929. The lowest BCUT2D eigenvalue weighted by atomic mass is 10.2. The van der Waals surface area contributed by atoms with Crippen LogP contribution < -0.4 is 5.32 Å². The average Bonchev–Trinajstić information content (AvgIpc) is 2.41. The van der Waals surface area contributed by atoms with E-state index in [9.17, 15) is 19.3 Å². The van der Waals surface area contributed by atoms with Gasteiger partial charge in [-0.05, 0) is 18.2 Å². The van der Waals surface area contributed by atoms with Crippen LogP contribution >= 0.6 is 23.2 Å². The van der Waals surface area contributed by atoms with Gasteiger partial charge in [0.05, 0.1) is 15.5 Å². The third kappa shape index (κ3) is 3.26. The lowest BCUT2D eigenvalue weighted by molar-refractivity contribution is -0.384. The Kier molecular flexibility index (Phi) is 4.35. The number of hydrogen-bond donors (Lipinski definition) is 1.